The number of benzene rings is 2. The summed E-state index contributed by atoms with van der Waals surface area (Å²) in [5, 5.41) is 4.21. The summed E-state index contributed by atoms with van der Waals surface area (Å²) >= 11 is 0. The van der Waals surface area contributed by atoms with E-state index in [4.69, 9.17) is 9.73 Å². The molecule has 43 heavy (non-hydrogen) atoms. The number of nitrogens with zero attached hydrogens (tertiary/aromatic N) is 6. The number of ether oxygens (including phenoxy) is 1. The molecule has 1 spiro atoms. The highest BCUT2D eigenvalue weighted by molar-refractivity contribution is 6.16. The Bertz CT molecular complexity index is 1590. The van der Waals surface area contributed by atoms with E-state index in [2.05, 4.69) is 5.10 Å². The highest BCUT2D eigenvalue weighted by atomic mass is 19.4. The third-order valence-electron chi connectivity index (χ3n) is 8.21. The number of methoxy groups -OCH3 is 1. The number of alkyl halides is 3. The van der Waals surface area contributed by atoms with Gasteiger partial charge in [-0.05, 0) is 29.0 Å². The van der Waals surface area contributed by atoms with Crippen molar-refractivity contribution in [1.82, 2.24) is 24.5 Å². The lowest BCUT2D eigenvalue weighted by Gasteiger charge is -2.43. The van der Waals surface area contributed by atoms with Crippen LogP contribution in [0.2, 0.25) is 0 Å². The summed E-state index contributed by atoms with van der Waals surface area (Å²) in [5.74, 6) is -2.15. The molecule has 2 saturated heterocycles. The van der Waals surface area contributed by atoms with Crippen LogP contribution in [0.4, 0.5) is 18.0 Å². The van der Waals surface area contributed by atoms with Crippen molar-refractivity contribution in [3.05, 3.63) is 66.5 Å². The SMILES string of the molecule is COC(=O)N1CC2(C1)N=C(c1ccc(-c3ccc(-c4cnn(C)c4)cc3)cc1)N(C[C@@H]1CCN(C(=O)C(F)(F)F)C1)C2=O. The number of amides is 3. The van der Waals surface area contributed by atoms with E-state index in [-0.39, 0.29) is 44.5 Å². The smallest absolute Gasteiger partial charge is 0.453 e. The minimum absolute atomic E-state index is 0.0347. The first-order chi connectivity index (χ1) is 20.5. The van der Waals surface area contributed by atoms with Gasteiger partial charge in [0.05, 0.1) is 26.4 Å². The molecule has 0 saturated carbocycles. The van der Waals surface area contributed by atoms with Crippen LogP contribution in [0, 0.1) is 5.92 Å². The van der Waals surface area contributed by atoms with Gasteiger partial charge in [-0.1, -0.05) is 48.5 Å². The third kappa shape index (κ3) is 5.23. The van der Waals surface area contributed by atoms with Gasteiger partial charge in [-0.15, -0.1) is 0 Å². The number of likely N-dealkylation sites (tertiary alicyclic amines) is 2. The molecular formula is C30H29F3N6O4. The van der Waals surface area contributed by atoms with E-state index in [1.54, 1.807) is 10.9 Å². The van der Waals surface area contributed by atoms with Crippen molar-refractivity contribution in [1.29, 1.82) is 0 Å². The summed E-state index contributed by atoms with van der Waals surface area (Å²) in [6.07, 6.45) is -1.44. The Labute approximate surface area is 245 Å². The number of halogens is 3. The van der Waals surface area contributed by atoms with Gasteiger partial charge in [-0.3, -0.25) is 19.2 Å². The molecule has 3 aromatic rings. The predicted octanol–water partition coefficient (Wildman–Crippen LogP) is 3.57. The summed E-state index contributed by atoms with van der Waals surface area (Å²) in [6, 6.07) is 15.6. The number of aromatic nitrogens is 2. The molecule has 3 aliphatic heterocycles. The zero-order valence-corrected chi connectivity index (χ0v) is 23.5. The van der Waals surface area contributed by atoms with Crippen LogP contribution < -0.4 is 0 Å². The standard InChI is InChI=1S/C30H29F3N6O4/c1-36-16-24(13-34-36)22-5-3-20(4-6-22)21-7-9-23(10-8-21)25-35-29(17-38(18-29)28(42)43-2)26(40)39(25)15-19-11-12-37(14-19)27(41)30(31,32)33/h3-10,13,16,19H,11-12,14-15,17-18H2,1-2H3/t19-/m1/s1. The maximum Gasteiger partial charge on any atom is 0.471 e. The van der Waals surface area contributed by atoms with Gasteiger partial charge in [-0.2, -0.15) is 18.3 Å². The Hall–Kier alpha value is -4.68. The topological polar surface area (TPSA) is 100 Å². The molecule has 224 valence electrons. The minimum atomic E-state index is -4.95. The van der Waals surface area contributed by atoms with Gasteiger partial charge < -0.3 is 14.5 Å². The number of carbonyl (C=O) groups is 3. The Morgan fingerprint density at radius 1 is 0.953 bits per heavy atom. The molecule has 4 heterocycles. The van der Waals surface area contributed by atoms with Gasteiger partial charge in [0, 0.05) is 44.0 Å². The fraction of sp³-hybridized carbons (Fsp3) is 0.367. The fourth-order valence-electron chi connectivity index (χ4n) is 5.94. The van der Waals surface area contributed by atoms with Crippen molar-refractivity contribution in [2.75, 3.05) is 39.8 Å². The van der Waals surface area contributed by atoms with Crippen molar-refractivity contribution in [2.45, 2.75) is 18.1 Å². The molecule has 2 aromatic carbocycles. The van der Waals surface area contributed by atoms with E-state index < -0.39 is 23.7 Å². The quantitative estimate of drug-likeness (QED) is 0.450. The van der Waals surface area contributed by atoms with Crippen LogP contribution in [0.25, 0.3) is 22.3 Å². The van der Waals surface area contributed by atoms with Crippen molar-refractivity contribution in [3.8, 4) is 22.3 Å². The molecule has 0 aliphatic carbocycles. The molecule has 0 radical (unpaired) electrons. The van der Waals surface area contributed by atoms with Gasteiger partial charge in [0.2, 0.25) is 0 Å². The number of hydrogen-bond donors (Lipinski definition) is 0. The van der Waals surface area contributed by atoms with Crippen molar-refractivity contribution in [3.63, 3.8) is 0 Å². The minimum Gasteiger partial charge on any atom is -0.453 e. The molecule has 10 nitrogen and oxygen atoms in total. The van der Waals surface area contributed by atoms with Crippen LogP contribution in [-0.2, 0) is 21.4 Å². The second-order valence-electron chi connectivity index (χ2n) is 11.2. The fourth-order valence-corrected chi connectivity index (χ4v) is 5.94. The highest BCUT2D eigenvalue weighted by Crippen LogP contribution is 2.36. The number of carbonyl (C=O) groups excluding carboxylic acids is 3. The molecule has 2 fully saturated rings. The number of aryl methyl sites for hydroxylation is 1. The molecule has 0 bridgehead atoms. The molecule has 0 N–H and O–H groups in total. The lowest BCUT2D eigenvalue weighted by molar-refractivity contribution is -0.184. The second kappa shape index (κ2) is 10.5. The third-order valence-corrected chi connectivity index (χ3v) is 8.21. The van der Waals surface area contributed by atoms with E-state index in [0.29, 0.717) is 17.8 Å². The van der Waals surface area contributed by atoms with Gasteiger partial charge >= 0.3 is 18.2 Å². The average molecular weight is 595 g/mol. The van der Waals surface area contributed by atoms with Crippen LogP contribution in [0.3, 0.4) is 0 Å². The number of amidine groups is 1. The number of aliphatic imine (C=N–C) groups is 1. The molecule has 1 aromatic heterocycles. The summed E-state index contributed by atoms with van der Waals surface area (Å²) in [5.41, 5.74) is 3.48. The van der Waals surface area contributed by atoms with E-state index >= 15 is 0 Å². The van der Waals surface area contributed by atoms with E-state index in [1.165, 1.54) is 16.9 Å². The molecule has 13 heteroatoms. The summed E-state index contributed by atoms with van der Waals surface area (Å²) in [7, 11) is 3.12. The Balaban J connectivity index is 1.23. The van der Waals surface area contributed by atoms with E-state index in [0.717, 1.165) is 27.2 Å². The van der Waals surface area contributed by atoms with Gasteiger partial charge in [-0.25, -0.2) is 9.79 Å². The molecule has 6 rings (SSSR count). The molecular weight excluding hydrogens is 565 g/mol. The number of hydrogen-bond acceptors (Lipinski definition) is 6. The van der Waals surface area contributed by atoms with E-state index in [1.807, 2.05) is 61.8 Å². The van der Waals surface area contributed by atoms with Gasteiger partial charge in [0.15, 0.2) is 5.54 Å². The monoisotopic (exact) mass is 594 g/mol. The lowest BCUT2D eigenvalue weighted by atomic mass is 9.90. The lowest BCUT2D eigenvalue weighted by Crippen LogP contribution is -2.66. The first-order valence-corrected chi connectivity index (χ1v) is 13.8. The van der Waals surface area contributed by atoms with Gasteiger partial charge in [0.1, 0.15) is 5.84 Å². The van der Waals surface area contributed by atoms with Crippen molar-refractivity contribution >= 4 is 23.7 Å². The van der Waals surface area contributed by atoms with Crippen LogP contribution in [0.1, 0.15) is 12.0 Å². The van der Waals surface area contributed by atoms with Crippen molar-refractivity contribution < 1.29 is 32.3 Å². The van der Waals surface area contributed by atoms with Crippen LogP contribution >= 0.6 is 0 Å². The van der Waals surface area contributed by atoms with Gasteiger partial charge in [0.25, 0.3) is 5.91 Å². The second-order valence-corrected chi connectivity index (χ2v) is 11.2. The van der Waals surface area contributed by atoms with Crippen LogP contribution in [-0.4, -0.2) is 99.8 Å². The first-order valence-electron chi connectivity index (χ1n) is 13.8. The van der Waals surface area contributed by atoms with E-state index in [9.17, 15) is 27.6 Å². The Kier molecular flexibility index (Phi) is 6.98. The number of rotatable bonds is 5. The highest BCUT2D eigenvalue weighted by Gasteiger charge is 2.58. The maximum absolute atomic E-state index is 13.7. The molecule has 3 aliphatic rings. The largest absolute Gasteiger partial charge is 0.471 e. The predicted molar refractivity (Wildman–Crippen MR) is 150 cm³/mol. The van der Waals surface area contributed by atoms with Crippen molar-refractivity contribution in [2.24, 2.45) is 18.0 Å². The first kappa shape index (κ1) is 28.4. The normalized spacial score (nSPS) is 19.6. The molecule has 1 atom stereocenters. The zero-order valence-electron chi connectivity index (χ0n) is 23.5. The maximum atomic E-state index is 13.7. The summed E-state index contributed by atoms with van der Waals surface area (Å²) < 4.78 is 45.5. The zero-order chi connectivity index (χ0) is 30.5. The summed E-state index contributed by atoms with van der Waals surface area (Å²) in [4.78, 5) is 45.9. The average Bonchev–Trinajstić information content (AvgIpc) is 3.70. The van der Waals surface area contributed by atoms with Crippen LogP contribution in [0.5, 0.6) is 0 Å². The van der Waals surface area contributed by atoms with Crippen LogP contribution in [0.15, 0.2) is 65.9 Å². The Morgan fingerprint density at radius 3 is 2.07 bits per heavy atom. The molecule has 3 amide bonds. The molecule has 0 unspecified atom stereocenters. The summed E-state index contributed by atoms with van der Waals surface area (Å²) in [6.45, 7) is 0.0565. The Morgan fingerprint density at radius 2 is 1.53 bits per heavy atom.